The van der Waals surface area contributed by atoms with E-state index in [1.54, 1.807) is 6.07 Å². The fraction of sp³-hybridized carbons (Fsp3) is 0.625. The van der Waals surface area contributed by atoms with Crippen molar-refractivity contribution in [2.45, 2.75) is 37.5 Å². The van der Waals surface area contributed by atoms with Gasteiger partial charge in [0.25, 0.3) is 0 Å². The third-order valence-electron chi connectivity index (χ3n) is 3.97. The molecule has 2 rings (SSSR count). The summed E-state index contributed by atoms with van der Waals surface area (Å²) < 4.78 is 23.3. The second-order valence-electron chi connectivity index (χ2n) is 6.31. The Balaban J connectivity index is 2.04. The van der Waals surface area contributed by atoms with Crippen LogP contribution in [0.3, 0.4) is 0 Å². The first-order valence-corrected chi connectivity index (χ1v) is 9.28. The SMILES string of the molecule is CC(C)CN1CCC(c2cccc(S(C)(=O)=O)c2)CC1. The van der Waals surface area contributed by atoms with E-state index in [0.29, 0.717) is 16.7 Å². The Morgan fingerprint density at radius 3 is 2.45 bits per heavy atom. The summed E-state index contributed by atoms with van der Waals surface area (Å²) in [6.07, 6.45) is 3.53. The Bertz CT molecular complexity index is 543. The number of rotatable bonds is 4. The van der Waals surface area contributed by atoms with E-state index < -0.39 is 9.84 Å². The molecule has 0 N–H and O–H groups in total. The van der Waals surface area contributed by atoms with E-state index in [0.717, 1.165) is 32.5 Å². The molecule has 0 aliphatic carbocycles. The van der Waals surface area contributed by atoms with Crippen LogP contribution in [-0.2, 0) is 9.84 Å². The maximum absolute atomic E-state index is 11.6. The summed E-state index contributed by atoms with van der Waals surface area (Å²) in [4.78, 5) is 2.96. The zero-order chi connectivity index (χ0) is 14.8. The zero-order valence-corrected chi connectivity index (χ0v) is 13.5. The van der Waals surface area contributed by atoms with Gasteiger partial charge in [-0.05, 0) is 55.5 Å². The van der Waals surface area contributed by atoms with E-state index in [-0.39, 0.29) is 0 Å². The summed E-state index contributed by atoms with van der Waals surface area (Å²) in [6.45, 7) is 7.90. The highest BCUT2D eigenvalue weighted by atomic mass is 32.2. The minimum atomic E-state index is -3.10. The van der Waals surface area contributed by atoms with E-state index in [2.05, 4.69) is 24.8 Å². The van der Waals surface area contributed by atoms with Gasteiger partial charge < -0.3 is 4.90 Å². The van der Waals surface area contributed by atoms with Gasteiger partial charge in [0, 0.05) is 12.8 Å². The Morgan fingerprint density at radius 1 is 1.25 bits per heavy atom. The monoisotopic (exact) mass is 295 g/mol. The molecule has 1 aliphatic rings. The first-order valence-electron chi connectivity index (χ1n) is 7.38. The molecule has 20 heavy (non-hydrogen) atoms. The lowest BCUT2D eigenvalue weighted by molar-refractivity contribution is 0.192. The van der Waals surface area contributed by atoms with Gasteiger partial charge in [0.05, 0.1) is 4.90 Å². The summed E-state index contributed by atoms with van der Waals surface area (Å²) in [5, 5.41) is 0. The van der Waals surface area contributed by atoms with Gasteiger partial charge in [0.2, 0.25) is 0 Å². The molecule has 4 heteroatoms. The summed E-state index contributed by atoms with van der Waals surface area (Å²) >= 11 is 0. The molecule has 0 atom stereocenters. The number of likely N-dealkylation sites (tertiary alicyclic amines) is 1. The normalized spacial score (nSPS) is 18.6. The predicted octanol–water partition coefficient (Wildman–Crippen LogP) is 2.93. The molecule has 0 spiro atoms. The number of sulfone groups is 1. The van der Waals surface area contributed by atoms with Crippen LogP contribution in [0.5, 0.6) is 0 Å². The number of nitrogens with zero attached hydrogens (tertiary/aromatic N) is 1. The molecule has 0 bridgehead atoms. The second kappa shape index (κ2) is 6.27. The molecule has 0 saturated carbocycles. The van der Waals surface area contributed by atoms with Crippen LogP contribution in [0.2, 0.25) is 0 Å². The van der Waals surface area contributed by atoms with Crippen LogP contribution in [0.15, 0.2) is 29.2 Å². The van der Waals surface area contributed by atoms with Gasteiger partial charge in [-0.3, -0.25) is 0 Å². The Kier molecular flexibility index (Phi) is 4.86. The summed E-state index contributed by atoms with van der Waals surface area (Å²) in [5.41, 5.74) is 1.18. The third-order valence-corrected chi connectivity index (χ3v) is 5.08. The molecule has 1 aromatic carbocycles. The predicted molar refractivity (Wildman–Crippen MR) is 82.8 cm³/mol. The first-order chi connectivity index (χ1) is 9.36. The molecule has 112 valence electrons. The van der Waals surface area contributed by atoms with Crippen LogP contribution in [0.1, 0.15) is 38.2 Å². The standard InChI is InChI=1S/C16H25NO2S/c1-13(2)12-17-9-7-14(8-10-17)15-5-4-6-16(11-15)20(3,18)19/h4-6,11,13-14H,7-10,12H2,1-3H3. The maximum atomic E-state index is 11.6. The third kappa shape index (κ3) is 4.06. The quantitative estimate of drug-likeness (QED) is 0.857. The van der Waals surface area contributed by atoms with Gasteiger partial charge in [0.1, 0.15) is 0 Å². The zero-order valence-electron chi connectivity index (χ0n) is 12.7. The minimum absolute atomic E-state index is 0.444. The number of hydrogen-bond acceptors (Lipinski definition) is 3. The second-order valence-corrected chi connectivity index (χ2v) is 8.33. The molecular weight excluding hydrogens is 270 g/mol. The van der Waals surface area contributed by atoms with Crippen LogP contribution in [0.25, 0.3) is 0 Å². The Labute approximate surface area is 122 Å². The number of hydrogen-bond donors (Lipinski definition) is 0. The minimum Gasteiger partial charge on any atom is -0.303 e. The van der Waals surface area contributed by atoms with Gasteiger partial charge in [-0.25, -0.2) is 8.42 Å². The number of piperidine rings is 1. The van der Waals surface area contributed by atoms with E-state index in [1.165, 1.54) is 11.8 Å². The summed E-state index contributed by atoms with van der Waals surface area (Å²) in [6, 6.07) is 7.48. The first kappa shape index (κ1) is 15.5. The largest absolute Gasteiger partial charge is 0.303 e. The van der Waals surface area contributed by atoms with Crippen molar-refractivity contribution in [2.24, 2.45) is 5.92 Å². The highest BCUT2D eigenvalue weighted by molar-refractivity contribution is 7.90. The lowest BCUT2D eigenvalue weighted by atomic mass is 9.89. The van der Waals surface area contributed by atoms with Crippen molar-refractivity contribution in [1.82, 2.24) is 4.90 Å². The molecule has 0 aromatic heterocycles. The van der Waals surface area contributed by atoms with Gasteiger partial charge >= 0.3 is 0 Å². The van der Waals surface area contributed by atoms with Crippen LogP contribution >= 0.6 is 0 Å². The van der Waals surface area contributed by atoms with Gasteiger partial charge in [-0.2, -0.15) is 0 Å². The molecule has 3 nitrogen and oxygen atoms in total. The van der Waals surface area contributed by atoms with Crippen molar-refractivity contribution in [3.63, 3.8) is 0 Å². The van der Waals surface area contributed by atoms with Crippen molar-refractivity contribution in [3.8, 4) is 0 Å². The van der Waals surface area contributed by atoms with E-state index in [4.69, 9.17) is 0 Å². The van der Waals surface area contributed by atoms with Gasteiger partial charge in [-0.1, -0.05) is 26.0 Å². The van der Waals surface area contributed by atoms with E-state index >= 15 is 0 Å². The van der Waals surface area contributed by atoms with Crippen molar-refractivity contribution in [2.75, 3.05) is 25.9 Å². The van der Waals surface area contributed by atoms with E-state index in [1.807, 2.05) is 12.1 Å². The summed E-state index contributed by atoms with van der Waals surface area (Å²) in [7, 11) is -3.10. The molecule has 0 radical (unpaired) electrons. The molecular formula is C16H25NO2S. The lowest BCUT2D eigenvalue weighted by Crippen LogP contribution is -2.35. The molecule has 1 fully saturated rings. The maximum Gasteiger partial charge on any atom is 0.175 e. The molecule has 1 aromatic rings. The fourth-order valence-electron chi connectivity index (χ4n) is 2.96. The average molecular weight is 295 g/mol. The van der Waals surface area contributed by atoms with Crippen LogP contribution in [0, 0.1) is 5.92 Å². The van der Waals surface area contributed by atoms with Crippen molar-refractivity contribution >= 4 is 9.84 Å². The smallest absolute Gasteiger partial charge is 0.175 e. The van der Waals surface area contributed by atoms with E-state index in [9.17, 15) is 8.42 Å². The molecule has 1 saturated heterocycles. The molecule has 0 unspecified atom stereocenters. The number of benzene rings is 1. The molecule has 1 heterocycles. The highest BCUT2D eigenvalue weighted by Crippen LogP contribution is 2.29. The summed E-state index contributed by atoms with van der Waals surface area (Å²) in [5.74, 6) is 1.21. The highest BCUT2D eigenvalue weighted by Gasteiger charge is 2.21. The lowest BCUT2D eigenvalue weighted by Gasteiger charge is -2.33. The van der Waals surface area contributed by atoms with Crippen LogP contribution in [0.4, 0.5) is 0 Å². The average Bonchev–Trinajstić information content (AvgIpc) is 2.38. The van der Waals surface area contributed by atoms with Crippen LogP contribution in [-0.4, -0.2) is 39.2 Å². The van der Waals surface area contributed by atoms with Crippen molar-refractivity contribution in [3.05, 3.63) is 29.8 Å². The Hall–Kier alpha value is -0.870. The van der Waals surface area contributed by atoms with Crippen molar-refractivity contribution < 1.29 is 8.42 Å². The van der Waals surface area contributed by atoms with Gasteiger partial charge in [-0.15, -0.1) is 0 Å². The molecule has 1 aliphatic heterocycles. The van der Waals surface area contributed by atoms with Crippen LogP contribution < -0.4 is 0 Å². The Morgan fingerprint density at radius 2 is 1.90 bits per heavy atom. The van der Waals surface area contributed by atoms with Gasteiger partial charge in [0.15, 0.2) is 9.84 Å². The van der Waals surface area contributed by atoms with Crippen molar-refractivity contribution in [1.29, 1.82) is 0 Å². The topological polar surface area (TPSA) is 37.4 Å². The fourth-order valence-corrected chi connectivity index (χ4v) is 3.64. The molecule has 0 amide bonds.